The van der Waals surface area contributed by atoms with E-state index in [1.165, 1.54) is 24.0 Å². The van der Waals surface area contributed by atoms with Crippen molar-refractivity contribution >= 4 is 35.6 Å². The number of nitrogens with zero attached hydrogens (tertiary/aromatic N) is 1. The normalized spacial score (nSPS) is 48.7. The van der Waals surface area contributed by atoms with Crippen LogP contribution in [0.3, 0.4) is 0 Å². The van der Waals surface area contributed by atoms with E-state index in [-0.39, 0.29) is 24.0 Å². The van der Waals surface area contributed by atoms with Crippen LogP contribution >= 0.6 is 24.0 Å². The van der Waals surface area contributed by atoms with E-state index < -0.39 is 5.60 Å². The van der Waals surface area contributed by atoms with Crippen molar-refractivity contribution in [3.63, 3.8) is 0 Å². The molecule has 9 unspecified atom stereocenters. The fourth-order valence-corrected chi connectivity index (χ4v) is 8.15. The van der Waals surface area contributed by atoms with Crippen LogP contribution in [0.25, 0.3) is 0 Å². The number of rotatable bonds is 3. The lowest BCUT2D eigenvalue weighted by Gasteiger charge is -2.51. The summed E-state index contributed by atoms with van der Waals surface area (Å²) in [4.78, 5) is 4.60. The standard InChI is InChI=1S/C21H27N3O.HI/c1-9-3-4-11(5-10(9)2)24-20(22)23-8-21(25)18-13-7-14-16-12(13)6-15(18)17(16)19(14)21;/h3-5,12-19,25H,6-8H2,1-2H3,(H3,22,23,24);1H. The average Bonchev–Trinajstić information content (AvgIpc) is 3.08. The molecule has 1 aromatic rings. The molecule has 4 nitrogen and oxygen atoms in total. The molecule has 0 amide bonds. The Labute approximate surface area is 172 Å². The minimum Gasteiger partial charge on any atom is -0.387 e. The average molecular weight is 465 g/mol. The number of hydrogen-bond donors (Lipinski definition) is 3. The number of aryl methyl sites for hydroxylation is 2. The van der Waals surface area contributed by atoms with Gasteiger partial charge in [-0.1, -0.05) is 6.07 Å². The van der Waals surface area contributed by atoms with Crippen molar-refractivity contribution in [2.75, 3.05) is 11.9 Å². The summed E-state index contributed by atoms with van der Waals surface area (Å²) in [6.07, 6.45) is 2.78. The summed E-state index contributed by atoms with van der Waals surface area (Å²) < 4.78 is 0. The molecule has 0 heterocycles. The van der Waals surface area contributed by atoms with E-state index in [9.17, 15) is 5.11 Å². The van der Waals surface area contributed by atoms with Crippen molar-refractivity contribution in [1.29, 1.82) is 0 Å². The van der Waals surface area contributed by atoms with Gasteiger partial charge in [0.05, 0.1) is 12.1 Å². The number of aliphatic hydroxyl groups is 1. The van der Waals surface area contributed by atoms with E-state index >= 15 is 0 Å². The van der Waals surface area contributed by atoms with Crippen LogP contribution in [-0.2, 0) is 0 Å². The number of fused-ring (bicyclic) bond motifs is 2. The van der Waals surface area contributed by atoms with Gasteiger partial charge in [0.2, 0.25) is 0 Å². The molecule has 6 rings (SSSR count). The van der Waals surface area contributed by atoms with E-state index in [0.29, 0.717) is 24.3 Å². The number of hydrogen-bond acceptors (Lipinski definition) is 2. The monoisotopic (exact) mass is 465 g/mol. The number of guanidine groups is 1. The van der Waals surface area contributed by atoms with Gasteiger partial charge in [-0.05, 0) is 97.3 Å². The van der Waals surface area contributed by atoms with Gasteiger partial charge in [0.25, 0.3) is 0 Å². The third kappa shape index (κ3) is 1.87. The molecule has 5 heteroatoms. The van der Waals surface area contributed by atoms with Crippen molar-refractivity contribution in [3.8, 4) is 0 Å². The summed E-state index contributed by atoms with van der Waals surface area (Å²) in [7, 11) is 0. The van der Waals surface area contributed by atoms with Gasteiger partial charge in [-0.2, -0.15) is 0 Å². The second kappa shape index (κ2) is 5.37. The maximum absolute atomic E-state index is 11.6. The molecule has 5 fully saturated rings. The third-order valence-corrected chi connectivity index (χ3v) is 8.80. The van der Waals surface area contributed by atoms with E-state index in [2.05, 4.69) is 36.3 Å². The molecule has 9 atom stereocenters. The number of anilines is 1. The Morgan fingerprint density at radius 2 is 1.85 bits per heavy atom. The van der Waals surface area contributed by atoms with E-state index in [1.54, 1.807) is 0 Å². The van der Waals surface area contributed by atoms with Crippen LogP contribution in [0.1, 0.15) is 24.0 Å². The van der Waals surface area contributed by atoms with Gasteiger partial charge in [0.1, 0.15) is 0 Å². The highest BCUT2D eigenvalue weighted by molar-refractivity contribution is 14.0. The largest absolute Gasteiger partial charge is 0.387 e. The zero-order valence-corrected chi connectivity index (χ0v) is 17.7. The molecule has 0 spiro atoms. The summed E-state index contributed by atoms with van der Waals surface area (Å²) in [6, 6.07) is 6.21. The van der Waals surface area contributed by atoms with Gasteiger partial charge in [0, 0.05) is 5.69 Å². The van der Waals surface area contributed by atoms with Gasteiger partial charge >= 0.3 is 0 Å². The van der Waals surface area contributed by atoms with Gasteiger partial charge in [-0.15, -0.1) is 24.0 Å². The fourth-order valence-electron chi connectivity index (χ4n) is 8.15. The van der Waals surface area contributed by atoms with Crippen LogP contribution in [0.2, 0.25) is 0 Å². The first-order chi connectivity index (χ1) is 12.0. The minimum absolute atomic E-state index is 0. The van der Waals surface area contributed by atoms with E-state index in [1.807, 2.05) is 6.07 Å². The number of halogens is 1. The summed E-state index contributed by atoms with van der Waals surface area (Å²) in [6.45, 7) is 4.68. The second-order valence-corrected chi connectivity index (χ2v) is 9.45. The number of benzene rings is 1. The Bertz CT molecular complexity index is 804. The predicted molar refractivity (Wildman–Crippen MR) is 114 cm³/mol. The molecule has 0 aliphatic heterocycles. The lowest BCUT2D eigenvalue weighted by Crippen LogP contribution is -2.56. The lowest BCUT2D eigenvalue weighted by molar-refractivity contribution is -0.123. The number of nitrogens with one attached hydrogen (secondary N) is 1. The Balaban J connectivity index is 0.00000150. The molecule has 4 N–H and O–H groups in total. The Kier molecular flexibility index (Phi) is 3.57. The Morgan fingerprint density at radius 3 is 2.62 bits per heavy atom. The summed E-state index contributed by atoms with van der Waals surface area (Å²) in [5.74, 6) is 6.50. The zero-order chi connectivity index (χ0) is 17.1. The fraction of sp³-hybridized carbons (Fsp3) is 0.667. The molecule has 0 aromatic heterocycles. The topological polar surface area (TPSA) is 70.6 Å². The highest BCUT2D eigenvalue weighted by Crippen LogP contribution is 2.85. The number of nitrogens with two attached hydrogens (primary N) is 1. The third-order valence-electron chi connectivity index (χ3n) is 8.80. The molecule has 0 saturated heterocycles. The molecule has 140 valence electrons. The van der Waals surface area contributed by atoms with Gasteiger partial charge < -0.3 is 16.2 Å². The molecule has 5 aliphatic rings. The van der Waals surface area contributed by atoms with Crippen molar-refractivity contribution in [2.24, 2.45) is 58.1 Å². The molecule has 2 bridgehead atoms. The first-order valence-electron chi connectivity index (χ1n) is 9.85. The van der Waals surface area contributed by atoms with Crippen LogP contribution in [0.4, 0.5) is 5.69 Å². The van der Waals surface area contributed by atoms with Crippen molar-refractivity contribution < 1.29 is 5.11 Å². The highest BCUT2D eigenvalue weighted by atomic mass is 127. The van der Waals surface area contributed by atoms with Crippen molar-refractivity contribution in [1.82, 2.24) is 0 Å². The zero-order valence-electron chi connectivity index (χ0n) is 15.4. The lowest BCUT2D eigenvalue weighted by atomic mass is 9.56. The first kappa shape index (κ1) is 17.3. The first-order valence-corrected chi connectivity index (χ1v) is 9.85. The molecular formula is C21H28IN3O. The van der Waals surface area contributed by atoms with Crippen LogP contribution in [-0.4, -0.2) is 23.2 Å². The quantitative estimate of drug-likeness (QED) is 0.365. The van der Waals surface area contributed by atoms with Gasteiger partial charge in [0.15, 0.2) is 5.96 Å². The smallest absolute Gasteiger partial charge is 0.193 e. The minimum atomic E-state index is -0.583. The maximum atomic E-state index is 11.6. The molecular weight excluding hydrogens is 437 g/mol. The Morgan fingerprint density at radius 1 is 1.12 bits per heavy atom. The Hall–Kier alpha value is -0.820. The summed E-state index contributed by atoms with van der Waals surface area (Å²) in [5, 5.41) is 14.8. The summed E-state index contributed by atoms with van der Waals surface area (Å²) >= 11 is 0. The predicted octanol–water partition coefficient (Wildman–Crippen LogP) is 3.16. The SMILES string of the molecule is Cc1ccc(NC(N)=NCC2(O)C3C4CC5C6C4CC3C6C52)cc1C.I. The van der Waals surface area contributed by atoms with Gasteiger partial charge in [-0.25, -0.2) is 0 Å². The molecule has 26 heavy (non-hydrogen) atoms. The van der Waals surface area contributed by atoms with Crippen molar-refractivity contribution in [3.05, 3.63) is 29.3 Å². The summed E-state index contributed by atoms with van der Waals surface area (Å²) in [5.41, 5.74) is 9.04. The molecule has 0 radical (unpaired) electrons. The van der Waals surface area contributed by atoms with Crippen LogP contribution < -0.4 is 11.1 Å². The van der Waals surface area contributed by atoms with Crippen molar-refractivity contribution in [2.45, 2.75) is 32.3 Å². The number of aliphatic imine (C=N–C) groups is 1. The van der Waals surface area contributed by atoms with Crippen LogP contribution in [0.5, 0.6) is 0 Å². The van der Waals surface area contributed by atoms with Crippen LogP contribution in [0, 0.1) is 61.2 Å². The van der Waals surface area contributed by atoms with Crippen LogP contribution in [0.15, 0.2) is 23.2 Å². The van der Waals surface area contributed by atoms with Gasteiger partial charge in [-0.3, -0.25) is 4.99 Å². The van der Waals surface area contributed by atoms with E-state index in [4.69, 9.17) is 5.73 Å². The second-order valence-electron chi connectivity index (χ2n) is 9.45. The van der Waals surface area contributed by atoms with E-state index in [0.717, 1.165) is 41.2 Å². The highest BCUT2D eigenvalue weighted by Gasteiger charge is 2.84. The molecule has 5 saturated carbocycles. The molecule has 1 aromatic carbocycles. The molecule has 5 aliphatic carbocycles. The maximum Gasteiger partial charge on any atom is 0.193 e.